The number of benzene rings is 1. The number of carbonyl (C=O) groups excluding carboxylic acids is 1. The van der Waals surface area contributed by atoms with E-state index in [1.54, 1.807) is 25.3 Å². The van der Waals surface area contributed by atoms with E-state index in [2.05, 4.69) is 6.92 Å². The first-order chi connectivity index (χ1) is 7.60. The minimum absolute atomic E-state index is 0.0278. The van der Waals surface area contributed by atoms with Crippen molar-refractivity contribution in [2.75, 3.05) is 7.11 Å². The van der Waals surface area contributed by atoms with Gasteiger partial charge in [0.05, 0.1) is 12.7 Å². The Morgan fingerprint density at radius 3 is 2.75 bits per heavy atom. The van der Waals surface area contributed by atoms with Crippen LogP contribution in [-0.4, -0.2) is 12.9 Å². The second-order valence-corrected chi connectivity index (χ2v) is 4.34. The zero-order chi connectivity index (χ0) is 12.1. The van der Waals surface area contributed by atoms with Crippen molar-refractivity contribution in [3.8, 4) is 5.75 Å². The van der Waals surface area contributed by atoms with Crippen LogP contribution in [-0.2, 0) is 0 Å². The fraction of sp³-hybridized carbons (Fsp3) is 0.462. The molecule has 0 aliphatic rings. The molecule has 0 spiro atoms. The minimum atomic E-state index is 0.0278. The SMILES string of the molecule is CCCC(C)C(=O)c1ccc(Cl)cc1OC. The standard InChI is InChI=1S/C13H17ClO2/c1-4-5-9(2)13(15)11-7-6-10(14)8-12(11)16-3/h6-9H,4-5H2,1-3H3. The number of ketones is 1. The van der Waals surface area contributed by atoms with E-state index in [9.17, 15) is 4.79 Å². The largest absolute Gasteiger partial charge is 0.496 e. The summed E-state index contributed by atoms with van der Waals surface area (Å²) in [7, 11) is 1.55. The number of Topliss-reactive ketones (excluding diaryl/α,β-unsaturated/α-hetero) is 1. The number of hydrogen-bond acceptors (Lipinski definition) is 2. The van der Waals surface area contributed by atoms with E-state index in [1.165, 1.54) is 0 Å². The Kier molecular flexibility index (Phi) is 4.81. The number of hydrogen-bond donors (Lipinski definition) is 0. The van der Waals surface area contributed by atoms with Crippen LogP contribution in [0.25, 0.3) is 0 Å². The molecule has 0 heterocycles. The van der Waals surface area contributed by atoms with Gasteiger partial charge in [0.1, 0.15) is 5.75 Å². The number of methoxy groups -OCH3 is 1. The molecule has 1 unspecified atom stereocenters. The average molecular weight is 241 g/mol. The molecule has 1 atom stereocenters. The van der Waals surface area contributed by atoms with Gasteiger partial charge in [-0.05, 0) is 24.6 Å². The lowest BCUT2D eigenvalue weighted by Crippen LogP contribution is -2.12. The fourth-order valence-corrected chi connectivity index (χ4v) is 1.86. The topological polar surface area (TPSA) is 26.3 Å². The van der Waals surface area contributed by atoms with Crippen LogP contribution in [0.1, 0.15) is 37.0 Å². The lowest BCUT2D eigenvalue weighted by Gasteiger charge is -2.12. The molecule has 0 N–H and O–H groups in total. The quantitative estimate of drug-likeness (QED) is 0.728. The molecule has 1 aromatic carbocycles. The third kappa shape index (κ3) is 2.99. The van der Waals surface area contributed by atoms with E-state index in [1.807, 2.05) is 6.92 Å². The summed E-state index contributed by atoms with van der Waals surface area (Å²) in [6, 6.07) is 5.12. The Balaban J connectivity index is 2.98. The van der Waals surface area contributed by atoms with Crippen LogP contribution in [0, 0.1) is 5.92 Å². The Morgan fingerprint density at radius 1 is 1.50 bits per heavy atom. The Bertz CT molecular complexity index is 374. The third-order valence-corrected chi connectivity index (χ3v) is 2.83. The van der Waals surface area contributed by atoms with Crippen LogP contribution in [0.2, 0.25) is 5.02 Å². The van der Waals surface area contributed by atoms with Gasteiger partial charge in [-0.3, -0.25) is 4.79 Å². The van der Waals surface area contributed by atoms with Crippen LogP contribution in [0.4, 0.5) is 0 Å². The van der Waals surface area contributed by atoms with Gasteiger partial charge in [0.15, 0.2) is 5.78 Å². The van der Waals surface area contributed by atoms with Gasteiger partial charge in [-0.2, -0.15) is 0 Å². The van der Waals surface area contributed by atoms with Gasteiger partial charge in [0.25, 0.3) is 0 Å². The Labute approximate surface area is 102 Å². The summed E-state index contributed by atoms with van der Waals surface area (Å²) in [5.74, 6) is 0.705. The zero-order valence-corrected chi connectivity index (χ0v) is 10.7. The van der Waals surface area contributed by atoms with Crippen molar-refractivity contribution < 1.29 is 9.53 Å². The molecule has 2 nitrogen and oxygen atoms in total. The summed E-state index contributed by atoms with van der Waals surface area (Å²) in [6.45, 7) is 4.02. The minimum Gasteiger partial charge on any atom is -0.496 e. The molecular weight excluding hydrogens is 224 g/mol. The third-order valence-electron chi connectivity index (χ3n) is 2.60. The van der Waals surface area contributed by atoms with Crippen LogP contribution >= 0.6 is 11.6 Å². The predicted octanol–water partition coefficient (Wildman–Crippen LogP) is 3.97. The molecule has 0 saturated carbocycles. The molecule has 0 aliphatic heterocycles. The molecule has 0 saturated heterocycles. The highest BCUT2D eigenvalue weighted by Gasteiger charge is 2.18. The van der Waals surface area contributed by atoms with Crippen LogP contribution in [0.3, 0.4) is 0 Å². The van der Waals surface area contributed by atoms with Gasteiger partial charge in [-0.1, -0.05) is 31.9 Å². The second-order valence-electron chi connectivity index (χ2n) is 3.90. The van der Waals surface area contributed by atoms with Crippen molar-refractivity contribution >= 4 is 17.4 Å². The molecule has 0 amide bonds. The van der Waals surface area contributed by atoms with Crippen LogP contribution in [0.15, 0.2) is 18.2 Å². The molecule has 3 heteroatoms. The van der Waals surface area contributed by atoms with Crippen molar-refractivity contribution in [1.82, 2.24) is 0 Å². The molecule has 0 aliphatic carbocycles. The summed E-state index contributed by atoms with van der Waals surface area (Å²) >= 11 is 5.85. The highest BCUT2D eigenvalue weighted by molar-refractivity contribution is 6.30. The normalized spacial score (nSPS) is 12.2. The van der Waals surface area contributed by atoms with E-state index in [0.717, 1.165) is 12.8 Å². The Morgan fingerprint density at radius 2 is 2.19 bits per heavy atom. The average Bonchev–Trinajstić information content (AvgIpc) is 2.28. The van der Waals surface area contributed by atoms with Crippen molar-refractivity contribution in [3.63, 3.8) is 0 Å². The van der Waals surface area contributed by atoms with Gasteiger partial charge >= 0.3 is 0 Å². The zero-order valence-electron chi connectivity index (χ0n) is 9.92. The first kappa shape index (κ1) is 13.0. The van der Waals surface area contributed by atoms with E-state index in [4.69, 9.17) is 16.3 Å². The second kappa shape index (κ2) is 5.90. The maximum absolute atomic E-state index is 12.1. The van der Waals surface area contributed by atoms with Gasteiger partial charge in [-0.25, -0.2) is 0 Å². The number of rotatable bonds is 5. The molecule has 0 radical (unpaired) electrons. The number of halogens is 1. The maximum atomic E-state index is 12.1. The molecule has 0 aromatic heterocycles. The van der Waals surface area contributed by atoms with Crippen molar-refractivity contribution in [2.45, 2.75) is 26.7 Å². The van der Waals surface area contributed by atoms with E-state index >= 15 is 0 Å². The Hall–Kier alpha value is -1.02. The van der Waals surface area contributed by atoms with Gasteiger partial charge in [0.2, 0.25) is 0 Å². The highest BCUT2D eigenvalue weighted by atomic mass is 35.5. The van der Waals surface area contributed by atoms with Crippen molar-refractivity contribution in [1.29, 1.82) is 0 Å². The lowest BCUT2D eigenvalue weighted by atomic mass is 9.95. The van der Waals surface area contributed by atoms with E-state index in [-0.39, 0.29) is 11.7 Å². The molecule has 88 valence electrons. The molecule has 0 fully saturated rings. The molecule has 16 heavy (non-hydrogen) atoms. The fourth-order valence-electron chi connectivity index (χ4n) is 1.70. The van der Waals surface area contributed by atoms with Gasteiger partial charge < -0.3 is 4.74 Å². The smallest absolute Gasteiger partial charge is 0.169 e. The van der Waals surface area contributed by atoms with E-state index in [0.29, 0.717) is 16.3 Å². The molecule has 1 aromatic rings. The highest BCUT2D eigenvalue weighted by Crippen LogP contribution is 2.26. The maximum Gasteiger partial charge on any atom is 0.169 e. The number of carbonyl (C=O) groups is 1. The summed E-state index contributed by atoms with van der Waals surface area (Å²) < 4.78 is 5.17. The molecule has 0 bridgehead atoms. The van der Waals surface area contributed by atoms with Crippen LogP contribution < -0.4 is 4.74 Å². The summed E-state index contributed by atoms with van der Waals surface area (Å²) in [4.78, 5) is 12.1. The molecular formula is C13H17ClO2. The monoisotopic (exact) mass is 240 g/mol. The summed E-state index contributed by atoms with van der Waals surface area (Å²) in [5, 5.41) is 0.580. The van der Waals surface area contributed by atoms with E-state index < -0.39 is 0 Å². The summed E-state index contributed by atoms with van der Waals surface area (Å²) in [5.41, 5.74) is 0.618. The lowest BCUT2D eigenvalue weighted by molar-refractivity contribution is 0.0920. The summed E-state index contributed by atoms with van der Waals surface area (Å²) in [6.07, 6.45) is 1.90. The first-order valence-electron chi connectivity index (χ1n) is 5.47. The van der Waals surface area contributed by atoms with Crippen molar-refractivity contribution in [3.05, 3.63) is 28.8 Å². The first-order valence-corrected chi connectivity index (χ1v) is 5.85. The van der Waals surface area contributed by atoms with Gasteiger partial charge in [-0.15, -0.1) is 0 Å². The predicted molar refractivity (Wildman–Crippen MR) is 66.4 cm³/mol. The van der Waals surface area contributed by atoms with Crippen LogP contribution in [0.5, 0.6) is 5.75 Å². The number of ether oxygens (including phenoxy) is 1. The van der Waals surface area contributed by atoms with Gasteiger partial charge in [0, 0.05) is 10.9 Å². The molecule has 1 rings (SSSR count). The van der Waals surface area contributed by atoms with Crippen molar-refractivity contribution in [2.24, 2.45) is 5.92 Å².